The first-order valence-electron chi connectivity index (χ1n) is 5.05. The summed E-state index contributed by atoms with van der Waals surface area (Å²) in [5.74, 6) is 0. The number of rotatable bonds is 2. The highest BCUT2D eigenvalue weighted by Crippen LogP contribution is 2.27. The summed E-state index contributed by atoms with van der Waals surface area (Å²) in [4.78, 5) is 0. The van der Waals surface area contributed by atoms with E-state index in [0.29, 0.717) is 0 Å². The van der Waals surface area contributed by atoms with E-state index in [-0.39, 0.29) is 0 Å². The fourth-order valence-electron chi connectivity index (χ4n) is 2.01. The molecule has 0 fully saturated rings. The first kappa shape index (κ1) is 9.72. The number of hydrogen-bond donors (Lipinski definition) is 0. The van der Waals surface area contributed by atoms with E-state index in [4.69, 9.17) is 0 Å². The van der Waals surface area contributed by atoms with Gasteiger partial charge >= 0.3 is 0 Å². The molecule has 0 amide bonds. The van der Waals surface area contributed by atoms with E-state index >= 15 is 0 Å². The van der Waals surface area contributed by atoms with Crippen LogP contribution in [-0.4, -0.2) is 0 Å². The summed E-state index contributed by atoms with van der Waals surface area (Å²) in [6.45, 7) is 9.83. The zero-order valence-corrected chi connectivity index (χ0v) is 8.96. The van der Waals surface area contributed by atoms with Gasteiger partial charge in [-0.05, 0) is 34.4 Å². The van der Waals surface area contributed by atoms with Crippen molar-refractivity contribution in [1.29, 1.82) is 0 Å². The van der Waals surface area contributed by atoms with Crippen LogP contribution in [0.4, 0.5) is 0 Å². The minimum absolute atomic E-state index is 1.19. The Balaban J connectivity index is 2.98. The van der Waals surface area contributed by atoms with Crippen LogP contribution in [0.25, 0.3) is 22.9 Å². The topological polar surface area (TPSA) is 0 Å². The summed E-state index contributed by atoms with van der Waals surface area (Å²) in [5, 5.41) is 2.50. The van der Waals surface area contributed by atoms with Crippen molar-refractivity contribution >= 4 is 22.9 Å². The van der Waals surface area contributed by atoms with Crippen molar-refractivity contribution in [2.75, 3.05) is 0 Å². The molecule has 0 nitrogen and oxygen atoms in total. The molecule has 0 heterocycles. The maximum atomic E-state index is 3.87. The molecule has 0 unspecified atom stereocenters. The van der Waals surface area contributed by atoms with Gasteiger partial charge in [0.2, 0.25) is 0 Å². The Morgan fingerprint density at radius 2 is 1.67 bits per heavy atom. The van der Waals surface area contributed by atoms with Gasteiger partial charge in [-0.1, -0.05) is 55.6 Å². The Kier molecular flexibility index (Phi) is 2.42. The molecule has 2 aromatic carbocycles. The highest BCUT2D eigenvalue weighted by molar-refractivity contribution is 5.97. The average Bonchev–Trinajstić information content (AvgIpc) is 2.28. The second kappa shape index (κ2) is 3.74. The average molecular weight is 194 g/mol. The van der Waals surface area contributed by atoms with Gasteiger partial charge in [0.05, 0.1) is 0 Å². The Hall–Kier alpha value is -1.82. The molecule has 0 spiro atoms. The van der Waals surface area contributed by atoms with Crippen LogP contribution in [0.5, 0.6) is 0 Å². The highest BCUT2D eigenvalue weighted by atomic mass is 14.1. The van der Waals surface area contributed by atoms with Crippen molar-refractivity contribution in [2.45, 2.75) is 6.92 Å². The van der Waals surface area contributed by atoms with Crippen LogP contribution < -0.4 is 0 Å². The van der Waals surface area contributed by atoms with Crippen LogP contribution >= 0.6 is 0 Å². The van der Waals surface area contributed by atoms with Crippen molar-refractivity contribution in [3.63, 3.8) is 0 Å². The molecule has 0 N–H and O–H groups in total. The third kappa shape index (κ3) is 1.48. The zero-order chi connectivity index (χ0) is 10.8. The molecule has 0 atom stereocenters. The molecule has 0 heteroatoms. The fraction of sp³-hybridized carbons (Fsp3) is 0.0667. The molecule has 0 aliphatic carbocycles. The molecule has 0 saturated heterocycles. The SMILES string of the molecule is C=Cc1cc(C)c(C=C)c2ccccc12. The minimum atomic E-state index is 1.19. The highest BCUT2D eigenvalue weighted by Gasteiger charge is 2.04. The molecule has 0 radical (unpaired) electrons. The lowest BCUT2D eigenvalue weighted by molar-refractivity contribution is 1.47. The number of benzene rings is 2. The predicted octanol–water partition coefficient (Wildman–Crippen LogP) is 4.43. The van der Waals surface area contributed by atoms with E-state index in [1.54, 1.807) is 0 Å². The molecule has 15 heavy (non-hydrogen) atoms. The van der Waals surface area contributed by atoms with Gasteiger partial charge in [0.1, 0.15) is 0 Å². The fourth-order valence-corrected chi connectivity index (χ4v) is 2.01. The Morgan fingerprint density at radius 1 is 1.00 bits per heavy atom. The molecule has 2 rings (SSSR count). The first-order valence-corrected chi connectivity index (χ1v) is 5.05. The van der Waals surface area contributed by atoms with Crippen LogP contribution in [0, 0.1) is 6.92 Å². The smallest absolute Gasteiger partial charge is 0.0103 e. The van der Waals surface area contributed by atoms with Crippen LogP contribution in [0.2, 0.25) is 0 Å². The third-order valence-corrected chi connectivity index (χ3v) is 2.75. The van der Waals surface area contributed by atoms with E-state index in [9.17, 15) is 0 Å². The molecule has 0 aliphatic rings. The molecule has 0 saturated carbocycles. The van der Waals surface area contributed by atoms with E-state index in [1.807, 2.05) is 12.2 Å². The van der Waals surface area contributed by atoms with Crippen LogP contribution in [0.15, 0.2) is 43.5 Å². The van der Waals surface area contributed by atoms with Crippen LogP contribution in [0.3, 0.4) is 0 Å². The molecular formula is C15H14. The molecular weight excluding hydrogens is 180 g/mol. The summed E-state index contributed by atoms with van der Waals surface area (Å²) < 4.78 is 0. The van der Waals surface area contributed by atoms with E-state index in [0.717, 1.165) is 0 Å². The number of aryl methyl sites for hydroxylation is 1. The quantitative estimate of drug-likeness (QED) is 0.663. The van der Waals surface area contributed by atoms with Gasteiger partial charge in [-0.15, -0.1) is 0 Å². The zero-order valence-electron chi connectivity index (χ0n) is 8.96. The summed E-state index contributed by atoms with van der Waals surface area (Å²) in [5.41, 5.74) is 3.66. The third-order valence-electron chi connectivity index (χ3n) is 2.75. The first-order chi connectivity index (χ1) is 7.27. The predicted molar refractivity (Wildman–Crippen MR) is 68.9 cm³/mol. The summed E-state index contributed by atoms with van der Waals surface area (Å²) in [6.07, 6.45) is 3.83. The molecule has 2 aromatic rings. The number of hydrogen-bond acceptors (Lipinski definition) is 0. The standard InChI is InChI=1S/C15H14/c1-4-12-10-11(3)13(5-2)15-9-7-6-8-14(12)15/h4-10H,1-2H2,3H3. The lowest BCUT2D eigenvalue weighted by Crippen LogP contribution is -1.87. The molecule has 74 valence electrons. The van der Waals surface area contributed by atoms with Gasteiger partial charge < -0.3 is 0 Å². The lowest BCUT2D eigenvalue weighted by Gasteiger charge is -2.09. The van der Waals surface area contributed by atoms with Gasteiger partial charge in [-0.3, -0.25) is 0 Å². The van der Waals surface area contributed by atoms with Crippen LogP contribution in [-0.2, 0) is 0 Å². The Morgan fingerprint density at radius 3 is 2.27 bits per heavy atom. The summed E-state index contributed by atoms with van der Waals surface area (Å²) in [7, 11) is 0. The monoisotopic (exact) mass is 194 g/mol. The van der Waals surface area contributed by atoms with Crippen LogP contribution in [0.1, 0.15) is 16.7 Å². The largest absolute Gasteiger partial charge is 0.0984 e. The van der Waals surface area contributed by atoms with Gasteiger partial charge in [0.15, 0.2) is 0 Å². The van der Waals surface area contributed by atoms with Gasteiger partial charge in [0.25, 0.3) is 0 Å². The van der Waals surface area contributed by atoms with Crippen molar-refractivity contribution in [3.8, 4) is 0 Å². The molecule has 0 aliphatic heterocycles. The van der Waals surface area contributed by atoms with Crippen molar-refractivity contribution < 1.29 is 0 Å². The van der Waals surface area contributed by atoms with E-state index < -0.39 is 0 Å². The van der Waals surface area contributed by atoms with Gasteiger partial charge in [-0.2, -0.15) is 0 Å². The van der Waals surface area contributed by atoms with E-state index in [2.05, 4.69) is 50.4 Å². The Bertz CT molecular complexity index is 533. The summed E-state index contributed by atoms with van der Waals surface area (Å²) in [6, 6.07) is 10.5. The van der Waals surface area contributed by atoms with Gasteiger partial charge in [0, 0.05) is 0 Å². The normalized spacial score (nSPS) is 10.2. The maximum Gasteiger partial charge on any atom is -0.0103 e. The maximum absolute atomic E-state index is 3.87. The van der Waals surface area contributed by atoms with E-state index in [1.165, 1.54) is 27.5 Å². The minimum Gasteiger partial charge on any atom is -0.0984 e. The summed E-state index contributed by atoms with van der Waals surface area (Å²) >= 11 is 0. The Labute approximate surface area is 90.6 Å². The second-order valence-corrected chi connectivity index (χ2v) is 3.65. The molecule has 0 bridgehead atoms. The second-order valence-electron chi connectivity index (χ2n) is 3.65. The van der Waals surface area contributed by atoms with Gasteiger partial charge in [-0.25, -0.2) is 0 Å². The van der Waals surface area contributed by atoms with Crippen molar-refractivity contribution in [3.05, 3.63) is 60.2 Å². The number of fused-ring (bicyclic) bond motifs is 1. The lowest BCUT2D eigenvalue weighted by atomic mass is 9.95. The van der Waals surface area contributed by atoms with Crippen molar-refractivity contribution in [1.82, 2.24) is 0 Å². The molecule has 0 aromatic heterocycles. The van der Waals surface area contributed by atoms with Crippen molar-refractivity contribution in [2.24, 2.45) is 0 Å².